The van der Waals surface area contributed by atoms with Gasteiger partial charge in [-0.1, -0.05) is 12.1 Å². The number of primary amides is 1. The van der Waals surface area contributed by atoms with E-state index < -0.39 is 0 Å². The molecule has 114 valence electrons. The number of likely N-dealkylation sites (tertiary alicyclic amines) is 1. The van der Waals surface area contributed by atoms with Crippen LogP contribution in [0.4, 0.5) is 4.79 Å². The van der Waals surface area contributed by atoms with Crippen molar-refractivity contribution >= 4 is 11.9 Å². The fraction of sp³-hybridized carbons (Fsp3) is 0.467. The molecule has 0 radical (unpaired) electrons. The molecule has 1 saturated heterocycles. The van der Waals surface area contributed by atoms with Crippen LogP contribution in [-0.4, -0.2) is 43.0 Å². The number of piperidine rings is 1. The number of amides is 3. The van der Waals surface area contributed by atoms with Crippen LogP contribution >= 0.6 is 0 Å². The van der Waals surface area contributed by atoms with E-state index in [9.17, 15) is 9.59 Å². The highest BCUT2D eigenvalue weighted by Gasteiger charge is 2.20. The van der Waals surface area contributed by atoms with Gasteiger partial charge in [0.05, 0.1) is 0 Å². The Morgan fingerprint density at radius 1 is 1.24 bits per heavy atom. The Bertz CT molecular complexity index is 493. The van der Waals surface area contributed by atoms with Crippen molar-refractivity contribution in [1.29, 1.82) is 0 Å². The maximum atomic E-state index is 11.4. The summed E-state index contributed by atoms with van der Waals surface area (Å²) in [4.78, 5) is 24.2. The minimum absolute atomic E-state index is 0.0756. The second kappa shape index (κ2) is 7.08. The smallest absolute Gasteiger partial charge is 0.314 e. The first-order valence-electron chi connectivity index (χ1n) is 7.19. The lowest BCUT2D eigenvalue weighted by Crippen LogP contribution is -2.46. The minimum atomic E-state index is -0.335. The highest BCUT2D eigenvalue weighted by atomic mass is 16.2. The number of nitrogens with two attached hydrogens (primary N) is 1. The third-order valence-corrected chi connectivity index (χ3v) is 3.84. The van der Waals surface area contributed by atoms with Gasteiger partial charge >= 0.3 is 6.03 Å². The normalized spacial score (nSPS) is 15.8. The highest BCUT2D eigenvalue weighted by Crippen LogP contribution is 2.11. The molecule has 6 heteroatoms. The second-order valence-corrected chi connectivity index (χ2v) is 5.26. The Morgan fingerprint density at radius 3 is 2.38 bits per heavy atom. The molecule has 0 atom stereocenters. The average molecular weight is 290 g/mol. The van der Waals surface area contributed by atoms with Crippen LogP contribution in [0.15, 0.2) is 24.3 Å². The molecule has 21 heavy (non-hydrogen) atoms. The van der Waals surface area contributed by atoms with Crippen LogP contribution in [-0.2, 0) is 6.54 Å². The van der Waals surface area contributed by atoms with Crippen molar-refractivity contribution in [2.24, 2.45) is 5.73 Å². The zero-order chi connectivity index (χ0) is 15.2. The van der Waals surface area contributed by atoms with Gasteiger partial charge in [0, 0.05) is 38.3 Å². The van der Waals surface area contributed by atoms with E-state index in [-0.39, 0.29) is 11.9 Å². The van der Waals surface area contributed by atoms with Crippen molar-refractivity contribution in [3.8, 4) is 0 Å². The topological polar surface area (TPSA) is 87.5 Å². The van der Waals surface area contributed by atoms with Crippen LogP contribution in [0.1, 0.15) is 28.8 Å². The fourth-order valence-corrected chi connectivity index (χ4v) is 2.48. The molecule has 1 fully saturated rings. The molecule has 3 amide bonds. The predicted molar refractivity (Wildman–Crippen MR) is 80.9 cm³/mol. The zero-order valence-electron chi connectivity index (χ0n) is 12.3. The zero-order valence-corrected chi connectivity index (χ0v) is 12.3. The van der Waals surface area contributed by atoms with Gasteiger partial charge in [0.15, 0.2) is 0 Å². The summed E-state index contributed by atoms with van der Waals surface area (Å²) in [5.74, 6) is -0.0756. The molecule has 1 aliphatic rings. The van der Waals surface area contributed by atoms with Crippen LogP contribution in [0.25, 0.3) is 0 Å². The molecule has 0 aromatic heterocycles. The lowest BCUT2D eigenvalue weighted by molar-refractivity contribution is 0.0963. The number of carbonyl (C=O) groups is 2. The summed E-state index contributed by atoms with van der Waals surface area (Å²) in [7, 11) is 1.62. The van der Waals surface area contributed by atoms with Gasteiger partial charge in [-0.2, -0.15) is 0 Å². The number of nitrogens with zero attached hydrogens (tertiary/aromatic N) is 1. The molecule has 4 N–H and O–H groups in total. The quantitative estimate of drug-likeness (QED) is 0.762. The third kappa shape index (κ3) is 4.19. The number of urea groups is 1. The second-order valence-electron chi connectivity index (χ2n) is 5.26. The van der Waals surface area contributed by atoms with Crippen LogP contribution in [0.5, 0.6) is 0 Å². The van der Waals surface area contributed by atoms with Gasteiger partial charge in [0.25, 0.3) is 5.91 Å². The molecule has 2 rings (SSSR count). The van der Waals surface area contributed by atoms with Gasteiger partial charge in [-0.15, -0.1) is 0 Å². The van der Waals surface area contributed by atoms with Crippen LogP contribution < -0.4 is 16.4 Å². The van der Waals surface area contributed by atoms with E-state index in [1.54, 1.807) is 11.9 Å². The van der Waals surface area contributed by atoms with Gasteiger partial charge in [-0.05, 0) is 30.5 Å². The number of nitrogens with one attached hydrogen (secondary N) is 2. The fourth-order valence-electron chi connectivity index (χ4n) is 2.48. The number of carbonyl (C=O) groups excluding carboxylic acids is 2. The molecule has 0 saturated carbocycles. The van der Waals surface area contributed by atoms with E-state index in [4.69, 9.17) is 5.73 Å². The van der Waals surface area contributed by atoms with Crippen molar-refractivity contribution in [3.63, 3.8) is 0 Å². The van der Waals surface area contributed by atoms with Crippen LogP contribution in [0.3, 0.4) is 0 Å². The van der Waals surface area contributed by atoms with E-state index in [1.165, 1.54) is 0 Å². The summed E-state index contributed by atoms with van der Waals surface area (Å²) in [6.45, 7) is 2.18. The van der Waals surface area contributed by atoms with Gasteiger partial charge in [-0.3, -0.25) is 4.79 Å². The molecular weight excluding hydrogens is 268 g/mol. The first-order valence-corrected chi connectivity index (χ1v) is 7.19. The number of hydrogen-bond acceptors (Lipinski definition) is 3. The summed E-state index contributed by atoms with van der Waals surface area (Å²) < 4.78 is 0. The summed E-state index contributed by atoms with van der Waals surface area (Å²) in [6.07, 6.45) is 1.83. The third-order valence-electron chi connectivity index (χ3n) is 3.84. The molecule has 0 bridgehead atoms. The van der Waals surface area contributed by atoms with E-state index in [0.717, 1.165) is 24.9 Å². The lowest BCUT2D eigenvalue weighted by Gasteiger charge is -2.31. The van der Waals surface area contributed by atoms with Crippen molar-refractivity contribution in [3.05, 3.63) is 35.4 Å². The van der Waals surface area contributed by atoms with Gasteiger partial charge in [0.2, 0.25) is 0 Å². The first kappa shape index (κ1) is 15.3. The number of rotatable bonds is 4. The van der Waals surface area contributed by atoms with Crippen LogP contribution in [0, 0.1) is 0 Å². The number of benzene rings is 1. The maximum absolute atomic E-state index is 11.4. The first-order chi connectivity index (χ1) is 10.1. The Balaban J connectivity index is 1.79. The molecule has 0 aliphatic carbocycles. The molecule has 0 unspecified atom stereocenters. The summed E-state index contributed by atoms with van der Waals surface area (Å²) in [5, 5.41) is 6.08. The minimum Gasteiger partial charge on any atom is -0.355 e. The van der Waals surface area contributed by atoms with Gasteiger partial charge < -0.3 is 21.3 Å². The highest BCUT2D eigenvalue weighted by molar-refractivity contribution is 5.93. The molecular formula is C15H22N4O2. The molecule has 1 aromatic carbocycles. The van der Waals surface area contributed by atoms with Crippen molar-refractivity contribution in [2.75, 3.05) is 20.1 Å². The van der Waals surface area contributed by atoms with Crippen molar-refractivity contribution < 1.29 is 9.59 Å². The van der Waals surface area contributed by atoms with E-state index in [0.29, 0.717) is 24.7 Å². The van der Waals surface area contributed by atoms with Crippen molar-refractivity contribution in [2.45, 2.75) is 25.4 Å². The van der Waals surface area contributed by atoms with Crippen molar-refractivity contribution in [1.82, 2.24) is 15.5 Å². The Hall–Kier alpha value is -2.08. The molecule has 6 nitrogen and oxygen atoms in total. The predicted octanol–water partition coefficient (Wildman–Crippen LogP) is 0.679. The molecule has 1 heterocycles. The van der Waals surface area contributed by atoms with E-state index >= 15 is 0 Å². The monoisotopic (exact) mass is 290 g/mol. The Labute approximate surface area is 124 Å². The number of hydrogen-bond donors (Lipinski definition) is 3. The van der Waals surface area contributed by atoms with E-state index in [2.05, 4.69) is 10.6 Å². The summed E-state index contributed by atoms with van der Waals surface area (Å²) >= 11 is 0. The SMILES string of the molecule is CNC(=O)c1ccc(CNC2CCN(C(N)=O)CC2)cc1. The standard InChI is InChI=1S/C15H22N4O2/c1-17-14(20)12-4-2-11(3-5-12)10-18-13-6-8-19(9-7-13)15(16)21/h2-5,13,18H,6-10H2,1H3,(H2,16,21)(H,17,20). The Kier molecular flexibility index (Phi) is 5.16. The largest absolute Gasteiger partial charge is 0.355 e. The molecule has 1 aliphatic heterocycles. The van der Waals surface area contributed by atoms with E-state index in [1.807, 2.05) is 24.3 Å². The molecule has 1 aromatic rings. The summed E-state index contributed by atoms with van der Waals surface area (Å²) in [5.41, 5.74) is 7.06. The Morgan fingerprint density at radius 2 is 1.86 bits per heavy atom. The molecule has 0 spiro atoms. The lowest BCUT2D eigenvalue weighted by atomic mass is 10.0. The van der Waals surface area contributed by atoms with Gasteiger partial charge in [0.1, 0.15) is 0 Å². The average Bonchev–Trinajstić information content (AvgIpc) is 2.53. The van der Waals surface area contributed by atoms with Crippen LogP contribution in [0.2, 0.25) is 0 Å². The van der Waals surface area contributed by atoms with Gasteiger partial charge in [-0.25, -0.2) is 4.79 Å². The summed E-state index contributed by atoms with van der Waals surface area (Å²) in [6, 6.07) is 7.63. The maximum Gasteiger partial charge on any atom is 0.314 e.